The van der Waals surface area contributed by atoms with Crippen molar-refractivity contribution in [2.45, 2.75) is 13.0 Å². The highest BCUT2D eigenvalue weighted by molar-refractivity contribution is 5.39. The topological polar surface area (TPSA) is 78.2 Å². The molecule has 1 aromatic carbocycles. The van der Waals surface area contributed by atoms with Gasteiger partial charge in [-0.25, -0.2) is 4.98 Å². The fraction of sp³-hybridized carbons (Fsp3) is 0.250. The van der Waals surface area contributed by atoms with Crippen molar-refractivity contribution in [2.75, 3.05) is 18.5 Å². The lowest BCUT2D eigenvalue weighted by atomic mass is 10.2. The minimum atomic E-state index is -0.650. The summed E-state index contributed by atoms with van der Waals surface area (Å²) < 4.78 is 5.52. The molecule has 0 spiro atoms. The highest BCUT2D eigenvalue weighted by atomic mass is 16.5. The smallest absolute Gasteiger partial charge is 0.126 e. The normalized spacial score (nSPS) is 11.5. The van der Waals surface area contributed by atoms with E-state index in [1.807, 2.05) is 37.3 Å². The number of nitrogens with zero attached hydrogens (tertiary/aromatic N) is 2. The fourth-order valence-electron chi connectivity index (χ4n) is 1.74. The highest BCUT2D eigenvalue weighted by Crippen LogP contribution is 2.12. The Morgan fingerprint density at radius 2 is 2.24 bits per heavy atom. The molecule has 5 nitrogen and oxygen atoms in total. The second-order valence-corrected chi connectivity index (χ2v) is 4.71. The lowest BCUT2D eigenvalue weighted by molar-refractivity contribution is 0.117. The number of ether oxygens (including phenoxy) is 1. The average molecular weight is 283 g/mol. The zero-order chi connectivity index (χ0) is 15.1. The average Bonchev–Trinajstić information content (AvgIpc) is 2.51. The Balaban J connectivity index is 1.76. The number of aliphatic hydroxyl groups excluding tert-OH is 1. The first-order valence-corrected chi connectivity index (χ1v) is 6.65. The molecule has 0 aliphatic carbocycles. The molecular weight excluding hydrogens is 266 g/mol. The van der Waals surface area contributed by atoms with Crippen LogP contribution in [0.3, 0.4) is 0 Å². The van der Waals surface area contributed by atoms with Crippen LogP contribution in [0.1, 0.15) is 11.1 Å². The van der Waals surface area contributed by atoms with E-state index in [9.17, 15) is 5.11 Å². The first kappa shape index (κ1) is 14.8. The van der Waals surface area contributed by atoms with Crippen molar-refractivity contribution in [3.63, 3.8) is 0 Å². The largest absolute Gasteiger partial charge is 0.491 e. The number of aromatic nitrogens is 1. The molecule has 0 amide bonds. The van der Waals surface area contributed by atoms with E-state index < -0.39 is 6.10 Å². The van der Waals surface area contributed by atoms with Gasteiger partial charge in [0, 0.05) is 12.7 Å². The van der Waals surface area contributed by atoms with Crippen LogP contribution in [0.4, 0.5) is 5.82 Å². The van der Waals surface area contributed by atoms with Crippen LogP contribution in [-0.4, -0.2) is 29.3 Å². The molecule has 0 aliphatic rings. The Morgan fingerprint density at radius 1 is 1.38 bits per heavy atom. The molecule has 5 heteroatoms. The monoisotopic (exact) mass is 283 g/mol. The van der Waals surface area contributed by atoms with Gasteiger partial charge in [0.1, 0.15) is 30.3 Å². The van der Waals surface area contributed by atoms with Gasteiger partial charge in [0.05, 0.1) is 5.56 Å². The van der Waals surface area contributed by atoms with Gasteiger partial charge in [0.25, 0.3) is 0 Å². The summed E-state index contributed by atoms with van der Waals surface area (Å²) in [5, 5.41) is 21.5. The maximum atomic E-state index is 9.87. The lowest BCUT2D eigenvalue weighted by Gasteiger charge is -2.13. The van der Waals surface area contributed by atoms with Gasteiger partial charge in [-0.15, -0.1) is 0 Å². The summed E-state index contributed by atoms with van der Waals surface area (Å²) in [7, 11) is 0. The number of hydrogen-bond acceptors (Lipinski definition) is 5. The van der Waals surface area contributed by atoms with Crippen molar-refractivity contribution in [1.82, 2.24) is 4.98 Å². The molecule has 0 bridgehead atoms. The molecular formula is C16H17N3O2. The lowest BCUT2D eigenvalue weighted by Crippen LogP contribution is -2.26. The fourth-order valence-corrected chi connectivity index (χ4v) is 1.74. The van der Waals surface area contributed by atoms with Crippen LogP contribution in [0.5, 0.6) is 5.75 Å². The van der Waals surface area contributed by atoms with E-state index >= 15 is 0 Å². The van der Waals surface area contributed by atoms with Crippen molar-refractivity contribution >= 4 is 5.82 Å². The van der Waals surface area contributed by atoms with Crippen molar-refractivity contribution in [3.05, 3.63) is 53.7 Å². The summed E-state index contributed by atoms with van der Waals surface area (Å²) in [6, 6.07) is 13.1. The first-order chi connectivity index (χ1) is 10.2. The molecule has 1 heterocycles. The van der Waals surface area contributed by atoms with Crippen LogP contribution in [0.25, 0.3) is 0 Å². The molecule has 2 rings (SSSR count). The number of aliphatic hydroxyl groups is 1. The Kier molecular flexibility index (Phi) is 5.13. The van der Waals surface area contributed by atoms with E-state index in [0.717, 1.165) is 11.3 Å². The number of nitrogens with one attached hydrogen (secondary N) is 1. The highest BCUT2D eigenvalue weighted by Gasteiger charge is 2.06. The van der Waals surface area contributed by atoms with Gasteiger partial charge in [-0.3, -0.25) is 0 Å². The Morgan fingerprint density at radius 3 is 2.90 bits per heavy atom. The summed E-state index contributed by atoms with van der Waals surface area (Å²) in [6.45, 7) is 2.51. The summed E-state index contributed by atoms with van der Waals surface area (Å²) >= 11 is 0. The molecule has 1 unspecified atom stereocenters. The predicted molar refractivity (Wildman–Crippen MR) is 80.1 cm³/mol. The third-order valence-corrected chi connectivity index (χ3v) is 2.84. The van der Waals surface area contributed by atoms with Gasteiger partial charge in [-0.1, -0.05) is 12.1 Å². The van der Waals surface area contributed by atoms with E-state index in [-0.39, 0.29) is 6.61 Å². The number of benzene rings is 1. The van der Waals surface area contributed by atoms with Gasteiger partial charge in [-0.05, 0) is 36.8 Å². The molecule has 1 atom stereocenters. The maximum Gasteiger partial charge on any atom is 0.126 e. The second kappa shape index (κ2) is 7.27. The Labute approximate surface area is 123 Å². The molecule has 21 heavy (non-hydrogen) atoms. The van der Waals surface area contributed by atoms with Crippen LogP contribution < -0.4 is 10.1 Å². The van der Waals surface area contributed by atoms with Crippen molar-refractivity contribution in [3.8, 4) is 11.8 Å². The van der Waals surface area contributed by atoms with Gasteiger partial charge in [-0.2, -0.15) is 5.26 Å². The van der Waals surface area contributed by atoms with Crippen molar-refractivity contribution in [1.29, 1.82) is 5.26 Å². The van der Waals surface area contributed by atoms with E-state index in [4.69, 9.17) is 10.00 Å². The van der Waals surface area contributed by atoms with Crippen LogP contribution in [-0.2, 0) is 0 Å². The number of aryl methyl sites for hydroxylation is 1. The van der Waals surface area contributed by atoms with Gasteiger partial charge in [0.2, 0.25) is 0 Å². The van der Waals surface area contributed by atoms with E-state index in [2.05, 4.69) is 10.3 Å². The van der Waals surface area contributed by atoms with Crippen molar-refractivity contribution < 1.29 is 9.84 Å². The summed E-state index contributed by atoms with van der Waals surface area (Å²) in [6.07, 6.45) is 0.834. The minimum absolute atomic E-state index is 0.201. The van der Waals surface area contributed by atoms with E-state index in [1.165, 1.54) is 6.20 Å². The molecule has 0 radical (unpaired) electrons. The molecule has 0 saturated carbocycles. The van der Waals surface area contributed by atoms with E-state index in [0.29, 0.717) is 17.9 Å². The zero-order valence-corrected chi connectivity index (χ0v) is 11.8. The van der Waals surface area contributed by atoms with Crippen LogP contribution >= 0.6 is 0 Å². The van der Waals surface area contributed by atoms with Crippen LogP contribution in [0.15, 0.2) is 42.6 Å². The van der Waals surface area contributed by atoms with E-state index in [1.54, 1.807) is 12.1 Å². The number of pyridine rings is 1. The number of rotatable bonds is 6. The SMILES string of the molecule is Cc1cccc(OCC(O)CNc2ccc(C#N)cn2)c1. The first-order valence-electron chi connectivity index (χ1n) is 6.65. The number of hydrogen-bond donors (Lipinski definition) is 2. The van der Waals surface area contributed by atoms with Crippen LogP contribution in [0, 0.1) is 18.3 Å². The molecule has 2 N–H and O–H groups in total. The third kappa shape index (κ3) is 4.79. The summed E-state index contributed by atoms with van der Waals surface area (Å²) in [5.74, 6) is 1.36. The molecule has 0 fully saturated rings. The zero-order valence-electron chi connectivity index (χ0n) is 11.8. The molecule has 0 saturated heterocycles. The Hall–Kier alpha value is -2.58. The van der Waals surface area contributed by atoms with Crippen molar-refractivity contribution in [2.24, 2.45) is 0 Å². The Bertz CT molecular complexity index is 620. The van der Waals surface area contributed by atoms with Gasteiger partial charge < -0.3 is 15.2 Å². The summed E-state index contributed by atoms with van der Waals surface area (Å²) in [4.78, 5) is 4.07. The standard InChI is InChI=1S/C16H17N3O2/c1-12-3-2-4-15(7-12)21-11-14(20)10-19-16-6-5-13(8-17)9-18-16/h2-7,9,14,20H,10-11H2,1H3,(H,18,19). The third-order valence-electron chi connectivity index (χ3n) is 2.84. The quantitative estimate of drug-likeness (QED) is 0.849. The molecule has 108 valence electrons. The maximum absolute atomic E-state index is 9.87. The van der Waals surface area contributed by atoms with Crippen LogP contribution in [0.2, 0.25) is 0 Å². The number of nitriles is 1. The molecule has 0 aliphatic heterocycles. The van der Waals surface area contributed by atoms with Gasteiger partial charge >= 0.3 is 0 Å². The predicted octanol–water partition coefficient (Wildman–Crippen LogP) is 2.11. The minimum Gasteiger partial charge on any atom is -0.491 e. The molecule has 2 aromatic rings. The number of anilines is 1. The summed E-state index contributed by atoms with van der Waals surface area (Å²) in [5.41, 5.74) is 1.62. The second-order valence-electron chi connectivity index (χ2n) is 4.71. The van der Waals surface area contributed by atoms with Gasteiger partial charge in [0.15, 0.2) is 0 Å². The molecule has 1 aromatic heterocycles.